The molecule has 1 aliphatic heterocycles. The molecule has 27 heavy (non-hydrogen) atoms. The third kappa shape index (κ3) is 6.62. The predicted octanol–water partition coefficient (Wildman–Crippen LogP) is 2.33. The number of guanidine groups is 1. The number of hydrogen-bond acceptors (Lipinski definition) is 3. The molecule has 0 spiro atoms. The monoisotopic (exact) mass is 371 g/mol. The number of hydrogen-bond donors (Lipinski definition) is 1. The molecule has 6 nitrogen and oxygen atoms in total. The van der Waals surface area contributed by atoms with Crippen LogP contribution in [0.15, 0.2) is 41.9 Å². The van der Waals surface area contributed by atoms with Crippen molar-refractivity contribution in [2.24, 2.45) is 4.99 Å². The summed E-state index contributed by atoms with van der Waals surface area (Å²) in [7, 11) is 5.46. The molecule has 0 aliphatic carbocycles. The Bertz CT molecular complexity index is 632. The van der Waals surface area contributed by atoms with Crippen molar-refractivity contribution >= 4 is 17.6 Å². The van der Waals surface area contributed by atoms with E-state index in [1.807, 2.05) is 11.9 Å². The number of anilines is 1. The first-order valence-corrected chi connectivity index (χ1v) is 9.65. The molecule has 1 amide bonds. The lowest BCUT2D eigenvalue weighted by molar-refractivity contribution is -0.127. The van der Waals surface area contributed by atoms with E-state index in [0.717, 1.165) is 19.6 Å². The molecule has 1 saturated heterocycles. The van der Waals surface area contributed by atoms with Gasteiger partial charge in [-0.05, 0) is 37.0 Å². The van der Waals surface area contributed by atoms with Crippen LogP contribution in [-0.2, 0) is 11.3 Å². The van der Waals surface area contributed by atoms with Gasteiger partial charge in [0.25, 0.3) is 0 Å². The number of amides is 1. The molecule has 1 heterocycles. The number of nitrogens with one attached hydrogen (secondary N) is 1. The van der Waals surface area contributed by atoms with E-state index in [0.29, 0.717) is 12.5 Å². The minimum Gasteiger partial charge on any atom is -0.372 e. The topological polar surface area (TPSA) is 51.2 Å². The standard InChI is InChI=1S/C21H33N5O/c1-5-13-22-21(23-16-20(27)24(2)3)25(4)17-18-9-11-19(12-10-18)26-14-7-6-8-15-26/h5,9-12H,1,6-8,13-17H2,2-4H3,(H,22,23). The van der Waals surface area contributed by atoms with E-state index >= 15 is 0 Å². The number of carbonyl (C=O) groups excluding carboxylic acids is 1. The second kappa shape index (κ2) is 10.6. The van der Waals surface area contributed by atoms with Crippen LogP contribution in [0.25, 0.3) is 0 Å². The Kier molecular flexibility index (Phi) is 8.17. The van der Waals surface area contributed by atoms with Gasteiger partial charge in [0.05, 0.1) is 0 Å². The average molecular weight is 372 g/mol. The molecule has 1 N–H and O–H groups in total. The molecule has 0 aromatic heterocycles. The lowest BCUT2D eigenvalue weighted by Crippen LogP contribution is -2.39. The maximum atomic E-state index is 11.8. The maximum Gasteiger partial charge on any atom is 0.243 e. The van der Waals surface area contributed by atoms with Crippen LogP contribution >= 0.6 is 0 Å². The Morgan fingerprint density at radius 1 is 1.19 bits per heavy atom. The smallest absolute Gasteiger partial charge is 0.243 e. The minimum atomic E-state index is -0.0211. The van der Waals surface area contributed by atoms with Gasteiger partial charge < -0.3 is 20.0 Å². The Morgan fingerprint density at radius 3 is 2.44 bits per heavy atom. The number of aliphatic imine (C=N–C) groups is 1. The van der Waals surface area contributed by atoms with Crippen LogP contribution in [0.2, 0.25) is 0 Å². The van der Waals surface area contributed by atoms with Gasteiger partial charge in [0.1, 0.15) is 6.54 Å². The molecule has 6 heteroatoms. The molecule has 0 atom stereocenters. The van der Waals surface area contributed by atoms with Gasteiger partial charge >= 0.3 is 0 Å². The van der Waals surface area contributed by atoms with Gasteiger partial charge in [0.15, 0.2) is 5.96 Å². The fraction of sp³-hybridized carbons (Fsp3) is 0.524. The minimum absolute atomic E-state index is 0.0211. The molecule has 1 aromatic rings. The van der Waals surface area contributed by atoms with E-state index in [1.54, 1.807) is 25.1 Å². The summed E-state index contributed by atoms with van der Waals surface area (Å²) in [4.78, 5) is 22.3. The third-order valence-electron chi connectivity index (χ3n) is 4.71. The molecule has 0 radical (unpaired) electrons. The molecule has 1 fully saturated rings. The highest BCUT2D eigenvalue weighted by Crippen LogP contribution is 2.20. The van der Waals surface area contributed by atoms with Gasteiger partial charge in [0.2, 0.25) is 5.91 Å². The molecule has 148 valence electrons. The molecular weight excluding hydrogens is 338 g/mol. The van der Waals surface area contributed by atoms with Crippen molar-refractivity contribution in [3.63, 3.8) is 0 Å². The third-order valence-corrected chi connectivity index (χ3v) is 4.71. The van der Waals surface area contributed by atoms with E-state index < -0.39 is 0 Å². The summed E-state index contributed by atoms with van der Waals surface area (Å²) >= 11 is 0. The molecule has 0 saturated carbocycles. The van der Waals surface area contributed by atoms with Crippen molar-refractivity contribution in [1.29, 1.82) is 0 Å². The summed E-state index contributed by atoms with van der Waals surface area (Å²) in [6, 6.07) is 8.77. The van der Waals surface area contributed by atoms with Crippen molar-refractivity contribution in [2.75, 3.05) is 52.2 Å². The van der Waals surface area contributed by atoms with E-state index in [9.17, 15) is 4.79 Å². The molecule has 1 aliphatic rings. The second-order valence-corrected chi connectivity index (χ2v) is 7.17. The highest BCUT2D eigenvalue weighted by atomic mass is 16.2. The summed E-state index contributed by atoms with van der Waals surface area (Å²) in [6.45, 7) is 7.50. The highest BCUT2D eigenvalue weighted by molar-refractivity contribution is 5.84. The van der Waals surface area contributed by atoms with Crippen LogP contribution in [0.4, 0.5) is 5.69 Å². The van der Waals surface area contributed by atoms with Crippen LogP contribution < -0.4 is 10.2 Å². The highest BCUT2D eigenvalue weighted by Gasteiger charge is 2.12. The van der Waals surface area contributed by atoms with Crippen LogP contribution in [0.5, 0.6) is 0 Å². The molecular formula is C21H33N5O. The van der Waals surface area contributed by atoms with E-state index in [4.69, 9.17) is 0 Å². The van der Waals surface area contributed by atoms with Crippen LogP contribution in [0.3, 0.4) is 0 Å². The summed E-state index contributed by atoms with van der Waals surface area (Å²) in [5.74, 6) is 0.678. The number of carbonyl (C=O) groups is 1. The van der Waals surface area contributed by atoms with E-state index in [-0.39, 0.29) is 12.5 Å². The van der Waals surface area contributed by atoms with Gasteiger partial charge in [0, 0.05) is 53.0 Å². The van der Waals surface area contributed by atoms with Crippen molar-refractivity contribution in [1.82, 2.24) is 15.1 Å². The Labute approximate surface area is 163 Å². The van der Waals surface area contributed by atoms with Crippen molar-refractivity contribution in [3.05, 3.63) is 42.5 Å². The first-order chi connectivity index (χ1) is 13.0. The first kappa shape index (κ1) is 20.8. The Hall–Kier alpha value is -2.50. The van der Waals surface area contributed by atoms with Crippen LogP contribution in [0.1, 0.15) is 24.8 Å². The van der Waals surface area contributed by atoms with Crippen molar-refractivity contribution in [3.8, 4) is 0 Å². The van der Waals surface area contributed by atoms with Gasteiger partial charge in [-0.2, -0.15) is 0 Å². The van der Waals surface area contributed by atoms with E-state index in [1.165, 1.54) is 30.5 Å². The number of likely N-dealkylation sites (N-methyl/N-ethyl adjacent to an activating group) is 1. The lowest BCUT2D eigenvalue weighted by Gasteiger charge is -2.29. The largest absolute Gasteiger partial charge is 0.372 e. The lowest BCUT2D eigenvalue weighted by atomic mass is 10.1. The maximum absolute atomic E-state index is 11.8. The zero-order valence-corrected chi connectivity index (χ0v) is 16.9. The number of nitrogens with zero attached hydrogens (tertiary/aromatic N) is 4. The van der Waals surface area contributed by atoms with Crippen LogP contribution in [-0.4, -0.2) is 69.0 Å². The number of piperidine rings is 1. The van der Waals surface area contributed by atoms with Crippen molar-refractivity contribution in [2.45, 2.75) is 25.8 Å². The zero-order valence-electron chi connectivity index (χ0n) is 16.9. The van der Waals surface area contributed by atoms with Crippen molar-refractivity contribution < 1.29 is 4.79 Å². The summed E-state index contributed by atoms with van der Waals surface area (Å²) in [6.07, 6.45) is 5.69. The van der Waals surface area contributed by atoms with Gasteiger partial charge in [-0.1, -0.05) is 18.2 Å². The fourth-order valence-corrected chi connectivity index (χ4v) is 3.07. The quantitative estimate of drug-likeness (QED) is 0.454. The first-order valence-electron chi connectivity index (χ1n) is 9.65. The Balaban J connectivity index is 2.00. The summed E-state index contributed by atoms with van der Waals surface area (Å²) in [5, 5.41) is 3.23. The number of benzene rings is 1. The molecule has 1 aromatic carbocycles. The van der Waals surface area contributed by atoms with Gasteiger partial charge in [-0.3, -0.25) is 4.79 Å². The molecule has 0 bridgehead atoms. The average Bonchev–Trinajstić information content (AvgIpc) is 2.69. The predicted molar refractivity (Wildman–Crippen MR) is 113 cm³/mol. The summed E-state index contributed by atoms with van der Waals surface area (Å²) < 4.78 is 0. The van der Waals surface area contributed by atoms with Gasteiger partial charge in [-0.15, -0.1) is 6.58 Å². The van der Waals surface area contributed by atoms with Gasteiger partial charge in [-0.25, -0.2) is 4.99 Å². The van der Waals surface area contributed by atoms with E-state index in [2.05, 4.69) is 46.1 Å². The fourth-order valence-electron chi connectivity index (χ4n) is 3.07. The normalized spacial score (nSPS) is 14.6. The summed E-state index contributed by atoms with van der Waals surface area (Å²) in [5.41, 5.74) is 2.52. The molecule has 0 unspecified atom stereocenters. The molecule has 2 rings (SSSR count). The SMILES string of the molecule is C=CCNC(=NCC(=O)N(C)C)N(C)Cc1ccc(N2CCCCC2)cc1. The van der Waals surface area contributed by atoms with Crippen LogP contribution in [0, 0.1) is 0 Å². The zero-order chi connectivity index (χ0) is 19.6. The Morgan fingerprint density at radius 2 is 1.85 bits per heavy atom. The number of rotatable bonds is 7. The second-order valence-electron chi connectivity index (χ2n) is 7.17.